The van der Waals surface area contributed by atoms with Gasteiger partial charge < -0.3 is 19.5 Å². The number of hydrogen-bond acceptors (Lipinski definition) is 4. The lowest BCUT2D eigenvalue weighted by Gasteiger charge is -2.17. The van der Waals surface area contributed by atoms with Gasteiger partial charge in [0.15, 0.2) is 0 Å². The molecule has 1 heterocycles. The van der Waals surface area contributed by atoms with Crippen molar-refractivity contribution < 1.29 is 24.2 Å². The van der Waals surface area contributed by atoms with Crippen LogP contribution in [0.3, 0.4) is 0 Å². The number of carboxylic acid groups (broad SMARTS) is 1. The Hall–Kier alpha value is -2.08. The van der Waals surface area contributed by atoms with Gasteiger partial charge in [-0.2, -0.15) is 0 Å². The van der Waals surface area contributed by atoms with Gasteiger partial charge in [0.1, 0.15) is 12.4 Å². The molecule has 0 aliphatic carbocycles. The minimum atomic E-state index is -1.05. The van der Waals surface area contributed by atoms with Gasteiger partial charge in [0.05, 0.1) is 12.2 Å². The van der Waals surface area contributed by atoms with E-state index in [0.29, 0.717) is 37.6 Å². The van der Waals surface area contributed by atoms with Crippen LogP contribution in [0.2, 0.25) is 0 Å². The molecule has 1 aromatic rings. The molecule has 0 spiro atoms. The van der Waals surface area contributed by atoms with E-state index in [9.17, 15) is 9.59 Å². The molecular weight excluding hydrogens is 262 g/mol. The zero-order valence-corrected chi connectivity index (χ0v) is 11.3. The molecule has 108 valence electrons. The molecule has 0 radical (unpaired) electrons. The molecule has 1 aliphatic rings. The quantitative estimate of drug-likeness (QED) is 0.799. The van der Waals surface area contributed by atoms with Gasteiger partial charge in [-0.05, 0) is 18.6 Å². The first-order chi connectivity index (χ1) is 9.61. The molecule has 6 heteroatoms. The number of nitrogens with zero attached hydrogens (tertiary/aromatic N) is 1. The van der Waals surface area contributed by atoms with Gasteiger partial charge in [0.2, 0.25) is 5.91 Å². The molecule has 1 N–H and O–H groups in total. The molecule has 1 fully saturated rings. The number of benzene rings is 1. The van der Waals surface area contributed by atoms with Crippen molar-refractivity contribution in [2.75, 3.05) is 31.8 Å². The third-order valence-corrected chi connectivity index (χ3v) is 3.08. The Balaban J connectivity index is 2.25. The second-order valence-electron chi connectivity index (χ2n) is 4.51. The van der Waals surface area contributed by atoms with Crippen LogP contribution in [0.15, 0.2) is 18.2 Å². The van der Waals surface area contributed by atoms with E-state index in [-0.39, 0.29) is 11.5 Å². The van der Waals surface area contributed by atoms with Gasteiger partial charge in [-0.25, -0.2) is 4.79 Å². The molecule has 2 rings (SSSR count). The summed E-state index contributed by atoms with van der Waals surface area (Å²) >= 11 is 0. The van der Waals surface area contributed by atoms with Gasteiger partial charge in [0.25, 0.3) is 0 Å². The van der Waals surface area contributed by atoms with Crippen molar-refractivity contribution in [2.45, 2.75) is 12.8 Å². The summed E-state index contributed by atoms with van der Waals surface area (Å²) in [6, 6.07) is 4.63. The maximum absolute atomic E-state index is 11.7. The van der Waals surface area contributed by atoms with E-state index in [1.165, 1.54) is 12.1 Å². The largest absolute Gasteiger partial charge is 0.491 e. The highest BCUT2D eigenvalue weighted by Gasteiger charge is 2.23. The summed E-state index contributed by atoms with van der Waals surface area (Å²) < 4.78 is 10.3. The summed E-state index contributed by atoms with van der Waals surface area (Å²) in [6.45, 7) is 1.35. The maximum Gasteiger partial charge on any atom is 0.335 e. The number of rotatable bonds is 6. The Labute approximate surface area is 116 Å². The van der Waals surface area contributed by atoms with E-state index in [1.807, 2.05) is 0 Å². The standard InChI is InChI=1S/C14H17NO5/c1-19-5-6-20-12-8-10(14(17)18)7-11(9-12)15-4-2-3-13(15)16/h7-9H,2-6H2,1H3,(H,17,18). The van der Waals surface area contributed by atoms with Crippen LogP contribution in [-0.4, -0.2) is 43.9 Å². The van der Waals surface area contributed by atoms with Crippen LogP contribution in [-0.2, 0) is 9.53 Å². The average Bonchev–Trinajstić information content (AvgIpc) is 2.85. The highest BCUT2D eigenvalue weighted by Crippen LogP contribution is 2.27. The molecular formula is C14H17NO5. The molecule has 1 amide bonds. The molecule has 0 saturated carbocycles. The fourth-order valence-corrected chi connectivity index (χ4v) is 2.11. The van der Waals surface area contributed by atoms with Crippen LogP contribution in [0.25, 0.3) is 0 Å². The summed E-state index contributed by atoms with van der Waals surface area (Å²) in [5, 5.41) is 9.13. The summed E-state index contributed by atoms with van der Waals surface area (Å²) in [4.78, 5) is 24.5. The first kappa shape index (κ1) is 14.3. The molecule has 0 unspecified atom stereocenters. The molecule has 0 atom stereocenters. The number of carbonyl (C=O) groups excluding carboxylic acids is 1. The predicted molar refractivity (Wildman–Crippen MR) is 72.4 cm³/mol. The third kappa shape index (κ3) is 3.27. The monoisotopic (exact) mass is 279 g/mol. The van der Waals surface area contributed by atoms with Gasteiger partial charge in [-0.1, -0.05) is 0 Å². The van der Waals surface area contributed by atoms with Gasteiger partial charge in [-0.15, -0.1) is 0 Å². The highest BCUT2D eigenvalue weighted by atomic mass is 16.5. The summed E-state index contributed by atoms with van der Waals surface area (Å²) in [6.07, 6.45) is 1.28. The Bertz CT molecular complexity index is 514. The van der Waals surface area contributed by atoms with Crippen LogP contribution in [0.5, 0.6) is 5.75 Å². The van der Waals surface area contributed by atoms with E-state index < -0.39 is 5.97 Å². The van der Waals surface area contributed by atoms with Crippen molar-refractivity contribution in [2.24, 2.45) is 0 Å². The number of carboxylic acids is 1. The SMILES string of the molecule is COCCOc1cc(C(=O)O)cc(N2CCCC2=O)c1. The Morgan fingerprint density at radius 1 is 1.35 bits per heavy atom. The van der Waals surface area contributed by atoms with Crippen LogP contribution in [0.4, 0.5) is 5.69 Å². The first-order valence-electron chi connectivity index (χ1n) is 6.42. The van der Waals surface area contributed by atoms with E-state index in [2.05, 4.69) is 0 Å². The molecule has 1 aromatic carbocycles. The fraction of sp³-hybridized carbons (Fsp3) is 0.429. The van der Waals surface area contributed by atoms with Crippen molar-refractivity contribution in [1.29, 1.82) is 0 Å². The normalized spacial score (nSPS) is 14.7. The number of amides is 1. The predicted octanol–water partition coefficient (Wildman–Crippen LogP) is 1.54. The highest BCUT2D eigenvalue weighted by molar-refractivity contribution is 5.97. The van der Waals surface area contributed by atoms with Crippen molar-refractivity contribution >= 4 is 17.6 Å². The molecule has 0 aromatic heterocycles. The molecule has 1 aliphatic heterocycles. The third-order valence-electron chi connectivity index (χ3n) is 3.08. The van der Waals surface area contributed by atoms with Crippen molar-refractivity contribution in [3.8, 4) is 5.75 Å². The number of carbonyl (C=O) groups is 2. The summed E-state index contributed by atoms with van der Waals surface area (Å²) in [5.74, 6) is -0.609. The molecule has 6 nitrogen and oxygen atoms in total. The van der Waals surface area contributed by atoms with Crippen molar-refractivity contribution in [3.63, 3.8) is 0 Å². The van der Waals surface area contributed by atoms with E-state index >= 15 is 0 Å². The van der Waals surface area contributed by atoms with Gasteiger partial charge in [-0.3, -0.25) is 4.79 Å². The van der Waals surface area contributed by atoms with Crippen LogP contribution < -0.4 is 9.64 Å². The van der Waals surface area contributed by atoms with Gasteiger partial charge in [0, 0.05) is 31.8 Å². The Morgan fingerprint density at radius 2 is 2.15 bits per heavy atom. The average molecular weight is 279 g/mol. The summed E-state index contributed by atoms with van der Waals surface area (Å²) in [5.41, 5.74) is 0.675. The fourth-order valence-electron chi connectivity index (χ4n) is 2.11. The number of hydrogen-bond donors (Lipinski definition) is 1. The second-order valence-corrected chi connectivity index (χ2v) is 4.51. The van der Waals surface area contributed by atoms with Crippen LogP contribution in [0, 0.1) is 0 Å². The van der Waals surface area contributed by atoms with E-state index in [4.69, 9.17) is 14.6 Å². The molecule has 1 saturated heterocycles. The van der Waals surface area contributed by atoms with E-state index in [1.54, 1.807) is 18.1 Å². The lowest BCUT2D eigenvalue weighted by atomic mass is 10.1. The maximum atomic E-state index is 11.7. The number of ether oxygens (including phenoxy) is 2. The van der Waals surface area contributed by atoms with Crippen molar-refractivity contribution in [1.82, 2.24) is 0 Å². The first-order valence-corrected chi connectivity index (χ1v) is 6.42. The lowest BCUT2D eigenvalue weighted by Crippen LogP contribution is -2.24. The smallest absolute Gasteiger partial charge is 0.335 e. The topological polar surface area (TPSA) is 76.1 Å². The van der Waals surface area contributed by atoms with Gasteiger partial charge >= 0.3 is 5.97 Å². The zero-order valence-electron chi connectivity index (χ0n) is 11.3. The second kappa shape index (κ2) is 6.38. The Morgan fingerprint density at radius 3 is 2.75 bits per heavy atom. The lowest BCUT2D eigenvalue weighted by molar-refractivity contribution is -0.117. The minimum Gasteiger partial charge on any atom is -0.491 e. The number of aromatic carboxylic acids is 1. The molecule has 20 heavy (non-hydrogen) atoms. The minimum absolute atomic E-state index is 0.00961. The van der Waals surface area contributed by atoms with Crippen LogP contribution >= 0.6 is 0 Å². The molecule has 0 bridgehead atoms. The van der Waals surface area contributed by atoms with E-state index in [0.717, 1.165) is 6.42 Å². The van der Waals surface area contributed by atoms with Crippen molar-refractivity contribution in [3.05, 3.63) is 23.8 Å². The number of anilines is 1. The Kier molecular flexibility index (Phi) is 4.57. The number of methoxy groups -OCH3 is 1. The zero-order chi connectivity index (χ0) is 14.5. The summed E-state index contributed by atoms with van der Waals surface area (Å²) in [7, 11) is 1.56. The van der Waals surface area contributed by atoms with Crippen LogP contribution in [0.1, 0.15) is 23.2 Å².